The maximum atomic E-state index is 12.4. The van der Waals surface area contributed by atoms with Crippen molar-refractivity contribution < 1.29 is 23.7 Å². The van der Waals surface area contributed by atoms with Crippen LogP contribution in [-0.2, 0) is 19.6 Å². The Hall–Kier alpha value is -1.98. The molecule has 0 heterocycles. The number of nitrogens with one attached hydrogen (secondary N) is 1. The lowest BCUT2D eigenvalue weighted by molar-refractivity contribution is -0.872. The third-order valence-electron chi connectivity index (χ3n) is 3.51. The molecule has 0 unspecified atom stereocenters. The van der Waals surface area contributed by atoms with Crippen molar-refractivity contribution in [1.82, 2.24) is 0 Å². The summed E-state index contributed by atoms with van der Waals surface area (Å²) in [6.07, 6.45) is 0. The van der Waals surface area contributed by atoms with E-state index in [1.807, 2.05) is 12.1 Å². The predicted molar refractivity (Wildman–Crippen MR) is 85.4 cm³/mol. The molecule has 3 N–H and O–H groups in total. The van der Waals surface area contributed by atoms with Crippen molar-refractivity contribution in [2.24, 2.45) is 0 Å². The number of alkyl halides is 2. The lowest BCUT2D eigenvalue weighted by Gasteiger charge is -2.10. The van der Waals surface area contributed by atoms with Crippen molar-refractivity contribution in [1.29, 1.82) is 0 Å². The number of hydrogen-bond donors (Lipinski definition) is 2. The number of ether oxygens (including phenoxy) is 1. The van der Waals surface area contributed by atoms with Crippen LogP contribution in [0.4, 0.5) is 8.78 Å². The third kappa shape index (κ3) is 5.96. The first-order chi connectivity index (χ1) is 11.0. The lowest BCUT2D eigenvalue weighted by atomic mass is 10.1. The Morgan fingerprint density at radius 3 is 2.26 bits per heavy atom. The molecule has 0 aliphatic rings. The SMILES string of the molecule is C[NH+](C)Cc1ccc(C[NH2+]Cc2ccccc2OC(F)F)cc1. The van der Waals surface area contributed by atoms with E-state index in [0.29, 0.717) is 6.54 Å². The highest BCUT2D eigenvalue weighted by atomic mass is 19.3. The van der Waals surface area contributed by atoms with Crippen LogP contribution in [0.1, 0.15) is 16.7 Å². The first-order valence-electron chi connectivity index (χ1n) is 7.76. The van der Waals surface area contributed by atoms with Crippen LogP contribution >= 0.6 is 0 Å². The smallest absolute Gasteiger partial charge is 0.387 e. The zero-order chi connectivity index (χ0) is 16.7. The minimum Gasteiger partial charge on any atom is -0.434 e. The van der Waals surface area contributed by atoms with Gasteiger partial charge in [0.1, 0.15) is 25.4 Å². The standard InChI is InChI=1S/C18H22F2N2O/c1-22(2)13-15-9-7-14(8-10-15)11-21-12-16-5-3-4-6-17(16)23-18(19)20/h3-10,18,21H,11-13H2,1-2H3/p+2. The fourth-order valence-electron chi connectivity index (χ4n) is 2.48. The van der Waals surface area contributed by atoms with Crippen LogP contribution in [0.3, 0.4) is 0 Å². The van der Waals surface area contributed by atoms with Gasteiger partial charge >= 0.3 is 6.61 Å². The van der Waals surface area contributed by atoms with Gasteiger partial charge in [-0.15, -0.1) is 0 Å². The minimum absolute atomic E-state index is 0.253. The molecule has 0 aromatic heterocycles. The maximum absolute atomic E-state index is 12.4. The number of rotatable bonds is 8. The number of benzene rings is 2. The van der Waals surface area contributed by atoms with Gasteiger partial charge < -0.3 is 15.0 Å². The number of nitrogens with two attached hydrogens (primary N) is 1. The van der Waals surface area contributed by atoms with Crippen molar-refractivity contribution >= 4 is 0 Å². The van der Waals surface area contributed by atoms with Crippen LogP contribution in [0.2, 0.25) is 0 Å². The predicted octanol–water partition coefficient (Wildman–Crippen LogP) is 1.20. The molecule has 0 saturated heterocycles. The zero-order valence-corrected chi connectivity index (χ0v) is 13.6. The van der Waals surface area contributed by atoms with Gasteiger partial charge in [0.05, 0.1) is 14.1 Å². The van der Waals surface area contributed by atoms with E-state index < -0.39 is 6.61 Å². The minimum atomic E-state index is -2.79. The van der Waals surface area contributed by atoms with Gasteiger partial charge in [0, 0.05) is 16.7 Å². The van der Waals surface area contributed by atoms with Crippen molar-refractivity contribution in [2.45, 2.75) is 26.2 Å². The molecule has 23 heavy (non-hydrogen) atoms. The molecule has 0 bridgehead atoms. The largest absolute Gasteiger partial charge is 0.434 e. The van der Waals surface area contributed by atoms with Gasteiger partial charge in [0.2, 0.25) is 0 Å². The van der Waals surface area contributed by atoms with E-state index >= 15 is 0 Å². The van der Waals surface area contributed by atoms with E-state index in [-0.39, 0.29) is 5.75 Å². The Morgan fingerprint density at radius 2 is 1.61 bits per heavy atom. The van der Waals surface area contributed by atoms with Crippen LogP contribution < -0.4 is 15.0 Å². The Morgan fingerprint density at radius 1 is 0.957 bits per heavy atom. The van der Waals surface area contributed by atoms with Gasteiger partial charge in [0.15, 0.2) is 0 Å². The number of halogens is 2. The molecule has 0 aliphatic heterocycles. The molecule has 0 radical (unpaired) electrons. The second-order valence-electron chi connectivity index (χ2n) is 5.88. The molecular weight excluding hydrogens is 298 g/mol. The van der Waals surface area contributed by atoms with E-state index in [1.165, 1.54) is 16.0 Å². The molecule has 0 saturated carbocycles. The quantitative estimate of drug-likeness (QED) is 0.752. The monoisotopic (exact) mass is 322 g/mol. The maximum Gasteiger partial charge on any atom is 0.387 e. The number of quaternary nitrogens is 2. The molecule has 0 atom stereocenters. The number of hydrogen-bond acceptors (Lipinski definition) is 1. The van der Waals surface area contributed by atoms with Crippen molar-refractivity contribution in [3.8, 4) is 5.75 Å². The molecule has 2 aromatic rings. The highest BCUT2D eigenvalue weighted by Gasteiger charge is 2.10. The Balaban J connectivity index is 1.87. The number of para-hydroxylation sites is 1. The summed E-state index contributed by atoms with van der Waals surface area (Å²) >= 11 is 0. The summed E-state index contributed by atoms with van der Waals surface area (Å²) in [7, 11) is 4.25. The van der Waals surface area contributed by atoms with E-state index in [0.717, 1.165) is 18.7 Å². The Kier molecular flexibility index (Phi) is 6.50. The van der Waals surface area contributed by atoms with Crippen LogP contribution in [0.15, 0.2) is 48.5 Å². The molecular formula is C18H24F2N2O+2. The summed E-state index contributed by atoms with van der Waals surface area (Å²) in [5.41, 5.74) is 3.31. The average Bonchev–Trinajstić information content (AvgIpc) is 2.50. The highest BCUT2D eigenvalue weighted by Crippen LogP contribution is 2.19. The first kappa shape index (κ1) is 17.4. The van der Waals surface area contributed by atoms with Crippen molar-refractivity contribution in [3.63, 3.8) is 0 Å². The second-order valence-corrected chi connectivity index (χ2v) is 5.88. The normalized spacial score (nSPS) is 11.2. The molecule has 0 amide bonds. The fourth-order valence-corrected chi connectivity index (χ4v) is 2.48. The van der Waals surface area contributed by atoms with E-state index in [4.69, 9.17) is 0 Å². The van der Waals surface area contributed by atoms with Crippen molar-refractivity contribution in [2.75, 3.05) is 14.1 Å². The summed E-state index contributed by atoms with van der Waals surface area (Å²) in [4.78, 5) is 1.39. The molecule has 0 aliphatic carbocycles. The van der Waals surface area contributed by atoms with Crippen molar-refractivity contribution in [3.05, 3.63) is 65.2 Å². The summed E-state index contributed by atoms with van der Waals surface area (Å²) in [5, 5.41) is 2.08. The fraction of sp³-hybridized carbons (Fsp3) is 0.333. The Bertz CT molecular complexity index is 600. The van der Waals surface area contributed by atoms with Gasteiger partial charge in [-0.2, -0.15) is 8.78 Å². The topological polar surface area (TPSA) is 30.3 Å². The van der Waals surface area contributed by atoms with E-state index in [1.54, 1.807) is 12.1 Å². The molecule has 5 heteroatoms. The van der Waals surface area contributed by atoms with Gasteiger partial charge in [-0.3, -0.25) is 0 Å². The van der Waals surface area contributed by atoms with Crippen LogP contribution in [0.25, 0.3) is 0 Å². The lowest BCUT2D eigenvalue weighted by Crippen LogP contribution is -3.04. The van der Waals surface area contributed by atoms with Gasteiger partial charge in [-0.05, 0) is 12.1 Å². The first-order valence-corrected chi connectivity index (χ1v) is 7.76. The highest BCUT2D eigenvalue weighted by molar-refractivity contribution is 5.32. The Labute approximate surface area is 135 Å². The second kappa shape index (κ2) is 8.60. The molecule has 124 valence electrons. The summed E-state index contributed by atoms with van der Waals surface area (Å²) in [5.74, 6) is 0.253. The van der Waals surface area contributed by atoms with Crippen LogP contribution in [-0.4, -0.2) is 20.7 Å². The molecule has 0 fully saturated rings. The van der Waals surface area contributed by atoms with E-state index in [2.05, 4.69) is 48.4 Å². The molecule has 3 nitrogen and oxygen atoms in total. The molecule has 2 aromatic carbocycles. The van der Waals surface area contributed by atoms with Crippen LogP contribution in [0, 0.1) is 0 Å². The van der Waals surface area contributed by atoms with Gasteiger partial charge in [-0.25, -0.2) is 0 Å². The molecule has 0 spiro atoms. The third-order valence-corrected chi connectivity index (χ3v) is 3.51. The zero-order valence-electron chi connectivity index (χ0n) is 13.6. The van der Waals surface area contributed by atoms with Crippen LogP contribution in [0.5, 0.6) is 5.75 Å². The van der Waals surface area contributed by atoms with E-state index in [9.17, 15) is 8.78 Å². The van der Waals surface area contributed by atoms with Gasteiger partial charge in [0.25, 0.3) is 0 Å². The summed E-state index contributed by atoms with van der Waals surface area (Å²) < 4.78 is 29.3. The summed E-state index contributed by atoms with van der Waals surface area (Å²) in [6.45, 7) is -0.380. The molecule has 2 rings (SSSR count). The average molecular weight is 322 g/mol. The summed E-state index contributed by atoms with van der Waals surface area (Å²) in [6, 6.07) is 15.5. The van der Waals surface area contributed by atoms with Gasteiger partial charge in [-0.1, -0.05) is 36.4 Å².